The highest BCUT2D eigenvalue weighted by molar-refractivity contribution is 5.80. The number of amides is 1. The maximum Gasteiger partial charge on any atom is 0.250 e. The lowest BCUT2D eigenvalue weighted by molar-refractivity contribution is -0.173. The number of likely N-dealkylation sites (N-methyl/N-ethyl adjacent to an activating group) is 1. The number of carbonyl (C=O) groups is 1. The van der Waals surface area contributed by atoms with Gasteiger partial charge in [-0.25, -0.2) is 9.37 Å². The molecular formula is C14H21FN4O2. The molecule has 3 heterocycles. The fraction of sp³-hybridized carbons (Fsp3) is 0.714. The maximum absolute atomic E-state index is 12.5. The molecule has 1 aromatic heterocycles. The molecule has 0 aliphatic carbocycles. The van der Waals surface area contributed by atoms with Crippen molar-refractivity contribution in [3.8, 4) is 0 Å². The molecule has 3 rings (SSSR count). The third-order valence-electron chi connectivity index (χ3n) is 4.46. The number of aromatic nitrogens is 2. The fourth-order valence-corrected chi connectivity index (χ4v) is 3.29. The molecule has 7 heteroatoms. The molecule has 1 aromatic rings. The summed E-state index contributed by atoms with van der Waals surface area (Å²) in [6.07, 6.45) is 4.61. The van der Waals surface area contributed by atoms with Crippen LogP contribution in [0.2, 0.25) is 0 Å². The van der Waals surface area contributed by atoms with Crippen LogP contribution in [-0.2, 0) is 21.7 Å². The summed E-state index contributed by atoms with van der Waals surface area (Å²) in [6, 6.07) is 0. The molecule has 2 aliphatic rings. The number of piperidine rings is 1. The average Bonchev–Trinajstić information content (AvgIpc) is 2.98. The molecule has 1 amide bonds. The van der Waals surface area contributed by atoms with E-state index in [1.54, 1.807) is 13.2 Å². The lowest BCUT2D eigenvalue weighted by Crippen LogP contribution is -2.53. The van der Waals surface area contributed by atoms with E-state index < -0.39 is 11.7 Å². The van der Waals surface area contributed by atoms with Crippen LogP contribution < -0.4 is 5.32 Å². The maximum atomic E-state index is 12.5. The van der Waals surface area contributed by atoms with Crippen LogP contribution >= 0.6 is 0 Å². The van der Waals surface area contributed by atoms with Gasteiger partial charge >= 0.3 is 0 Å². The monoisotopic (exact) mass is 296 g/mol. The minimum absolute atomic E-state index is 0.111. The molecule has 1 spiro atoms. The summed E-state index contributed by atoms with van der Waals surface area (Å²) in [7, 11) is 1.62. The average molecular weight is 296 g/mol. The predicted octanol–water partition coefficient (Wildman–Crippen LogP) is 0.288. The minimum Gasteiger partial charge on any atom is -0.357 e. The molecule has 0 radical (unpaired) electrons. The Morgan fingerprint density at radius 2 is 2.33 bits per heavy atom. The van der Waals surface area contributed by atoms with E-state index in [2.05, 4.69) is 15.2 Å². The lowest BCUT2D eigenvalue weighted by Gasteiger charge is -2.45. The Hall–Kier alpha value is -1.47. The molecule has 0 unspecified atom stereocenters. The number of ether oxygens (including phenoxy) is 1. The van der Waals surface area contributed by atoms with Crippen molar-refractivity contribution < 1.29 is 13.9 Å². The SMILES string of the molecule is CNC(=O)[C@@H]1Cn2ccnc2C2(CCN(CCF)CC2)O1. The Morgan fingerprint density at radius 3 is 3.00 bits per heavy atom. The van der Waals surface area contributed by atoms with E-state index in [9.17, 15) is 9.18 Å². The Balaban J connectivity index is 1.83. The first-order valence-corrected chi connectivity index (χ1v) is 7.38. The van der Waals surface area contributed by atoms with Gasteiger partial charge in [-0.3, -0.25) is 4.79 Å². The number of rotatable bonds is 3. The van der Waals surface area contributed by atoms with Gasteiger partial charge < -0.3 is 19.5 Å². The van der Waals surface area contributed by atoms with Gasteiger partial charge in [0.05, 0.1) is 6.54 Å². The minimum atomic E-state index is -0.522. The molecule has 0 saturated carbocycles. The van der Waals surface area contributed by atoms with Crippen molar-refractivity contribution in [2.45, 2.75) is 31.1 Å². The van der Waals surface area contributed by atoms with E-state index in [1.807, 2.05) is 10.8 Å². The van der Waals surface area contributed by atoms with E-state index in [0.717, 1.165) is 31.8 Å². The van der Waals surface area contributed by atoms with Crippen LogP contribution in [0.4, 0.5) is 4.39 Å². The van der Waals surface area contributed by atoms with Crippen LogP contribution in [0, 0.1) is 0 Å². The second-order valence-electron chi connectivity index (χ2n) is 5.65. The number of halogens is 1. The molecule has 1 atom stereocenters. The Kier molecular flexibility index (Phi) is 3.95. The van der Waals surface area contributed by atoms with Crippen molar-refractivity contribution in [1.82, 2.24) is 19.8 Å². The van der Waals surface area contributed by atoms with Crippen molar-refractivity contribution in [3.05, 3.63) is 18.2 Å². The molecule has 0 bridgehead atoms. The summed E-state index contributed by atoms with van der Waals surface area (Å²) >= 11 is 0. The second kappa shape index (κ2) is 5.73. The first-order valence-electron chi connectivity index (χ1n) is 7.38. The largest absolute Gasteiger partial charge is 0.357 e. The molecule has 116 valence electrons. The summed E-state index contributed by atoms with van der Waals surface area (Å²) in [5.74, 6) is 0.780. The van der Waals surface area contributed by atoms with Gasteiger partial charge in [0, 0.05) is 39.1 Å². The van der Waals surface area contributed by atoms with Crippen molar-refractivity contribution >= 4 is 5.91 Å². The van der Waals surface area contributed by atoms with Crippen LogP contribution in [0.1, 0.15) is 18.7 Å². The third-order valence-corrected chi connectivity index (χ3v) is 4.46. The molecule has 1 fully saturated rings. The Bertz CT molecular complexity index is 511. The van der Waals surface area contributed by atoms with Gasteiger partial charge in [-0.1, -0.05) is 0 Å². The van der Waals surface area contributed by atoms with E-state index in [4.69, 9.17) is 4.74 Å². The van der Waals surface area contributed by atoms with Gasteiger partial charge in [-0.05, 0) is 12.8 Å². The summed E-state index contributed by atoms with van der Waals surface area (Å²) < 4.78 is 20.6. The number of hydrogen-bond donors (Lipinski definition) is 1. The highest BCUT2D eigenvalue weighted by Gasteiger charge is 2.46. The molecule has 0 aromatic carbocycles. The third kappa shape index (κ3) is 2.55. The number of nitrogens with one attached hydrogen (secondary N) is 1. The lowest BCUT2D eigenvalue weighted by atomic mass is 9.88. The fourth-order valence-electron chi connectivity index (χ4n) is 3.29. The first-order chi connectivity index (χ1) is 10.2. The van der Waals surface area contributed by atoms with Crippen LogP contribution in [0.15, 0.2) is 12.4 Å². The molecule has 6 nitrogen and oxygen atoms in total. The number of alkyl halides is 1. The highest BCUT2D eigenvalue weighted by Crippen LogP contribution is 2.39. The quantitative estimate of drug-likeness (QED) is 0.871. The van der Waals surface area contributed by atoms with Crippen LogP contribution in [-0.4, -0.2) is 59.8 Å². The number of nitrogens with zero attached hydrogens (tertiary/aromatic N) is 3. The van der Waals surface area contributed by atoms with E-state index in [0.29, 0.717) is 13.1 Å². The zero-order valence-electron chi connectivity index (χ0n) is 12.2. The van der Waals surface area contributed by atoms with E-state index >= 15 is 0 Å². The predicted molar refractivity (Wildman–Crippen MR) is 74.5 cm³/mol. The number of hydrogen-bond acceptors (Lipinski definition) is 4. The summed E-state index contributed by atoms with van der Waals surface area (Å²) in [6.45, 7) is 2.15. The topological polar surface area (TPSA) is 59.4 Å². The second-order valence-corrected chi connectivity index (χ2v) is 5.65. The van der Waals surface area contributed by atoms with Gasteiger partial charge in [-0.15, -0.1) is 0 Å². The van der Waals surface area contributed by atoms with Gasteiger partial charge in [0.25, 0.3) is 5.91 Å². The van der Waals surface area contributed by atoms with Crippen molar-refractivity contribution in [1.29, 1.82) is 0 Å². The molecule has 2 aliphatic heterocycles. The van der Waals surface area contributed by atoms with Gasteiger partial charge in [-0.2, -0.15) is 0 Å². The van der Waals surface area contributed by atoms with Crippen molar-refractivity contribution in [2.75, 3.05) is 33.4 Å². The summed E-state index contributed by atoms with van der Waals surface area (Å²) in [4.78, 5) is 18.5. The van der Waals surface area contributed by atoms with Crippen molar-refractivity contribution in [2.24, 2.45) is 0 Å². The summed E-state index contributed by atoms with van der Waals surface area (Å²) in [5, 5.41) is 2.65. The Morgan fingerprint density at radius 1 is 1.57 bits per heavy atom. The highest BCUT2D eigenvalue weighted by atomic mass is 19.1. The normalized spacial score (nSPS) is 24.8. The standard InChI is InChI=1S/C14H21FN4O2/c1-16-12(20)11-10-19-9-5-17-13(19)14(21-11)2-6-18(7-3-14)8-4-15/h5,9,11H,2-4,6-8,10H2,1H3,(H,16,20)/t11-/m0/s1. The molecular weight excluding hydrogens is 275 g/mol. The molecule has 21 heavy (non-hydrogen) atoms. The first kappa shape index (κ1) is 14.5. The summed E-state index contributed by atoms with van der Waals surface area (Å²) in [5.41, 5.74) is -0.522. The van der Waals surface area contributed by atoms with E-state index in [1.165, 1.54) is 0 Å². The number of imidazole rings is 1. The number of carbonyl (C=O) groups excluding carboxylic acids is 1. The zero-order chi connectivity index (χ0) is 14.9. The number of likely N-dealkylation sites (tertiary alicyclic amines) is 1. The number of fused-ring (bicyclic) bond motifs is 2. The van der Waals surface area contributed by atoms with Crippen LogP contribution in [0.3, 0.4) is 0 Å². The smallest absolute Gasteiger partial charge is 0.250 e. The van der Waals surface area contributed by atoms with Gasteiger partial charge in [0.2, 0.25) is 0 Å². The van der Waals surface area contributed by atoms with Crippen molar-refractivity contribution in [3.63, 3.8) is 0 Å². The molecule has 1 saturated heterocycles. The van der Waals surface area contributed by atoms with Crippen LogP contribution in [0.25, 0.3) is 0 Å². The van der Waals surface area contributed by atoms with E-state index in [-0.39, 0.29) is 12.6 Å². The Labute approximate surface area is 123 Å². The van der Waals surface area contributed by atoms with Crippen LogP contribution in [0.5, 0.6) is 0 Å². The van der Waals surface area contributed by atoms with Gasteiger partial charge in [0.15, 0.2) is 6.10 Å². The zero-order valence-corrected chi connectivity index (χ0v) is 12.2. The van der Waals surface area contributed by atoms with Gasteiger partial charge in [0.1, 0.15) is 18.1 Å². The molecule has 1 N–H and O–H groups in total.